The van der Waals surface area contributed by atoms with Gasteiger partial charge in [0.1, 0.15) is 18.5 Å². The first-order valence-corrected chi connectivity index (χ1v) is 9.21. The molecule has 2 atom stereocenters. The fraction of sp³-hybridized carbons (Fsp3) is 0.182. The number of pyridine rings is 1. The number of halogens is 1. The molecule has 0 aliphatic carbocycles. The van der Waals surface area contributed by atoms with Crippen molar-refractivity contribution in [2.45, 2.75) is 18.8 Å². The first-order valence-electron chi connectivity index (χ1n) is 9.21. The lowest BCUT2D eigenvalue weighted by Gasteiger charge is -2.21. The van der Waals surface area contributed by atoms with Crippen LogP contribution in [-0.2, 0) is 6.61 Å². The molecule has 3 aromatic rings. The molecule has 0 spiro atoms. The minimum atomic E-state index is -0.569. The van der Waals surface area contributed by atoms with Gasteiger partial charge in [-0.2, -0.15) is 14.6 Å². The summed E-state index contributed by atoms with van der Waals surface area (Å²) in [6.45, 7) is 0.921. The maximum absolute atomic E-state index is 13.2. The number of nitriles is 1. The van der Waals surface area contributed by atoms with Gasteiger partial charge in [0.05, 0.1) is 17.7 Å². The first kappa shape index (κ1) is 18.9. The second kappa shape index (κ2) is 8.69. The van der Waals surface area contributed by atoms with Crippen LogP contribution in [0.3, 0.4) is 0 Å². The molecule has 1 aliphatic rings. The van der Waals surface area contributed by atoms with Crippen LogP contribution in [0.1, 0.15) is 22.7 Å². The number of rotatable bonds is 6. The highest BCUT2D eigenvalue weighted by molar-refractivity contribution is 5.35. The molecule has 1 aliphatic heterocycles. The van der Waals surface area contributed by atoms with Crippen molar-refractivity contribution in [1.29, 1.82) is 5.26 Å². The van der Waals surface area contributed by atoms with Gasteiger partial charge >= 0.3 is 0 Å². The van der Waals surface area contributed by atoms with Crippen LogP contribution in [0.2, 0.25) is 0 Å². The number of hydrazine groups is 1. The molecule has 0 radical (unpaired) electrons. The van der Waals surface area contributed by atoms with Crippen LogP contribution < -0.4 is 20.3 Å². The Hall–Kier alpha value is -3.47. The van der Waals surface area contributed by atoms with Crippen LogP contribution in [0.25, 0.3) is 0 Å². The van der Waals surface area contributed by atoms with E-state index in [0.717, 1.165) is 11.1 Å². The largest absolute Gasteiger partial charge is 0.487 e. The van der Waals surface area contributed by atoms with Gasteiger partial charge in [0.15, 0.2) is 0 Å². The zero-order valence-corrected chi connectivity index (χ0v) is 15.5. The van der Waals surface area contributed by atoms with E-state index in [1.807, 2.05) is 24.3 Å². The van der Waals surface area contributed by atoms with E-state index in [9.17, 15) is 4.39 Å². The lowest BCUT2D eigenvalue weighted by molar-refractivity contribution is 0.197. The predicted octanol–water partition coefficient (Wildman–Crippen LogP) is 3.27. The van der Waals surface area contributed by atoms with Crippen LogP contribution in [0, 0.1) is 17.3 Å². The van der Waals surface area contributed by atoms with Gasteiger partial charge in [0.2, 0.25) is 11.8 Å². The smallest absolute Gasteiger partial charge is 0.216 e. The summed E-state index contributed by atoms with van der Waals surface area (Å²) in [5.74, 6) is 0.388. The molecular weight excluding hydrogens is 371 g/mol. The summed E-state index contributed by atoms with van der Waals surface area (Å²) in [7, 11) is 0. The molecule has 2 aromatic carbocycles. The van der Waals surface area contributed by atoms with Crippen LogP contribution in [0.15, 0.2) is 66.7 Å². The molecule has 2 N–H and O–H groups in total. The zero-order valence-electron chi connectivity index (χ0n) is 15.5. The van der Waals surface area contributed by atoms with Crippen molar-refractivity contribution < 1.29 is 13.9 Å². The quantitative estimate of drug-likeness (QED) is 0.629. The molecule has 1 saturated heterocycles. The van der Waals surface area contributed by atoms with Crippen molar-refractivity contribution in [3.8, 4) is 17.7 Å². The molecule has 29 heavy (non-hydrogen) atoms. The standard InChI is InChI=1S/C22H19FN4O2/c23-20-5-2-6-21(26-20)28-14-16-3-1-4-17(11-16)22-19(13-25-27-22)29-18-9-7-15(12-24)8-10-18/h1-11,19,22,25,27H,13-14H2. The van der Waals surface area contributed by atoms with Gasteiger partial charge in [0.25, 0.3) is 0 Å². The van der Waals surface area contributed by atoms with E-state index in [4.69, 9.17) is 14.7 Å². The van der Waals surface area contributed by atoms with Crippen LogP contribution in [-0.4, -0.2) is 17.6 Å². The van der Waals surface area contributed by atoms with E-state index < -0.39 is 5.95 Å². The van der Waals surface area contributed by atoms with Gasteiger partial charge in [0, 0.05) is 12.6 Å². The zero-order chi connectivity index (χ0) is 20.1. The van der Waals surface area contributed by atoms with Crippen molar-refractivity contribution in [3.05, 3.63) is 89.4 Å². The summed E-state index contributed by atoms with van der Waals surface area (Å²) < 4.78 is 24.9. The van der Waals surface area contributed by atoms with E-state index in [-0.39, 0.29) is 24.6 Å². The molecule has 0 saturated carbocycles. The number of aromatic nitrogens is 1. The average Bonchev–Trinajstić information content (AvgIpc) is 3.21. The molecule has 146 valence electrons. The van der Waals surface area contributed by atoms with Crippen LogP contribution in [0.4, 0.5) is 4.39 Å². The topological polar surface area (TPSA) is 79.2 Å². The number of ether oxygens (including phenoxy) is 2. The first-order chi connectivity index (χ1) is 14.2. The van der Waals surface area contributed by atoms with Gasteiger partial charge in [-0.05, 0) is 41.5 Å². The summed E-state index contributed by atoms with van der Waals surface area (Å²) in [5, 5.41) is 8.92. The van der Waals surface area contributed by atoms with Crippen molar-refractivity contribution in [1.82, 2.24) is 15.8 Å². The Morgan fingerprint density at radius 3 is 2.72 bits per heavy atom. The summed E-state index contributed by atoms with van der Waals surface area (Å²) in [6, 6.07) is 21.5. The third-order valence-electron chi connectivity index (χ3n) is 4.59. The molecule has 2 heterocycles. The molecule has 0 amide bonds. The minimum absolute atomic E-state index is 0.0575. The second-order valence-electron chi connectivity index (χ2n) is 6.63. The Morgan fingerprint density at radius 2 is 1.93 bits per heavy atom. The van der Waals surface area contributed by atoms with E-state index in [1.165, 1.54) is 6.07 Å². The maximum Gasteiger partial charge on any atom is 0.216 e. The predicted molar refractivity (Wildman–Crippen MR) is 104 cm³/mol. The van der Waals surface area contributed by atoms with E-state index in [1.54, 1.807) is 36.4 Å². The highest BCUT2D eigenvalue weighted by Crippen LogP contribution is 2.25. The maximum atomic E-state index is 13.2. The van der Waals surface area contributed by atoms with Gasteiger partial charge in [-0.3, -0.25) is 5.43 Å². The Kier molecular flexibility index (Phi) is 5.66. The minimum Gasteiger partial charge on any atom is -0.487 e. The fourth-order valence-corrected chi connectivity index (χ4v) is 3.17. The number of nitrogens with zero attached hydrogens (tertiary/aromatic N) is 2. The second-order valence-corrected chi connectivity index (χ2v) is 6.63. The van der Waals surface area contributed by atoms with Crippen molar-refractivity contribution in [2.24, 2.45) is 0 Å². The molecule has 1 fully saturated rings. The van der Waals surface area contributed by atoms with Gasteiger partial charge in [-0.1, -0.05) is 30.3 Å². The summed E-state index contributed by atoms with van der Waals surface area (Å²) in [4.78, 5) is 3.71. The summed E-state index contributed by atoms with van der Waals surface area (Å²) >= 11 is 0. The molecule has 4 rings (SSSR count). The summed E-state index contributed by atoms with van der Waals surface area (Å²) in [6.07, 6.45) is -0.121. The van der Waals surface area contributed by atoms with E-state index in [0.29, 0.717) is 17.9 Å². The lowest BCUT2D eigenvalue weighted by atomic mass is 10.0. The highest BCUT2D eigenvalue weighted by Gasteiger charge is 2.30. The Bertz CT molecular complexity index is 1020. The van der Waals surface area contributed by atoms with Gasteiger partial charge in [-0.25, -0.2) is 5.43 Å². The summed E-state index contributed by atoms with van der Waals surface area (Å²) in [5.41, 5.74) is 8.96. The van der Waals surface area contributed by atoms with Gasteiger partial charge in [-0.15, -0.1) is 0 Å². The third kappa shape index (κ3) is 4.69. The highest BCUT2D eigenvalue weighted by atomic mass is 19.1. The van der Waals surface area contributed by atoms with Crippen LogP contribution >= 0.6 is 0 Å². The lowest BCUT2D eigenvalue weighted by Crippen LogP contribution is -2.28. The Morgan fingerprint density at radius 1 is 1.10 bits per heavy atom. The number of hydrogen-bond donors (Lipinski definition) is 2. The van der Waals surface area contributed by atoms with E-state index >= 15 is 0 Å². The number of benzene rings is 2. The van der Waals surface area contributed by atoms with Crippen LogP contribution in [0.5, 0.6) is 11.6 Å². The van der Waals surface area contributed by atoms with Crippen molar-refractivity contribution in [2.75, 3.05) is 6.54 Å². The molecule has 2 unspecified atom stereocenters. The molecule has 6 nitrogen and oxygen atoms in total. The van der Waals surface area contributed by atoms with E-state index in [2.05, 4.69) is 21.9 Å². The third-order valence-corrected chi connectivity index (χ3v) is 4.59. The van der Waals surface area contributed by atoms with Crippen molar-refractivity contribution in [3.63, 3.8) is 0 Å². The number of hydrogen-bond acceptors (Lipinski definition) is 6. The molecule has 0 bridgehead atoms. The Labute approximate surface area is 167 Å². The monoisotopic (exact) mass is 390 g/mol. The van der Waals surface area contributed by atoms with Gasteiger partial charge < -0.3 is 9.47 Å². The average molecular weight is 390 g/mol. The fourth-order valence-electron chi connectivity index (χ4n) is 3.17. The SMILES string of the molecule is N#Cc1ccc(OC2CNNC2c2cccc(COc3cccc(F)n3)c2)cc1. The number of nitrogens with one attached hydrogen (secondary N) is 2. The van der Waals surface area contributed by atoms with Crippen molar-refractivity contribution >= 4 is 0 Å². The normalized spacial score (nSPS) is 18.2. The molecule has 7 heteroatoms. The Balaban J connectivity index is 1.44. The molecular formula is C22H19FN4O2. The molecule has 1 aromatic heterocycles.